The Morgan fingerprint density at radius 3 is 2.85 bits per heavy atom. The molecule has 1 saturated heterocycles. The summed E-state index contributed by atoms with van der Waals surface area (Å²) in [6.45, 7) is 6.02. The number of morpholine rings is 1. The number of hydrogen-bond acceptors (Lipinski definition) is 4. The van der Waals surface area contributed by atoms with Crippen LogP contribution < -0.4 is 10.5 Å². The van der Waals surface area contributed by atoms with Crippen molar-refractivity contribution in [3.8, 4) is 5.75 Å². The van der Waals surface area contributed by atoms with E-state index in [1.165, 1.54) is 5.56 Å². The Balaban J connectivity index is 1.62. The van der Waals surface area contributed by atoms with Crippen LogP contribution in [0.5, 0.6) is 5.75 Å². The van der Waals surface area contributed by atoms with Gasteiger partial charge in [-0.05, 0) is 30.4 Å². The van der Waals surface area contributed by atoms with Crippen molar-refractivity contribution in [2.45, 2.75) is 44.1 Å². The third-order valence-corrected chi connectivity index (χ3v) is 6.13. The molecule has 6 nitrogen and oxygen atoms in total. The number of nitrogens with zero attached hydrogens (tertiary/aromatic N) is 1. The van der Waals surface area contributed by atoms with Crippen molar-refractivity contribution in [2.75, 3.05) is 26.4 Å². The molecule has 0 unspecified atom stereocenters. The number of ether oxygens (including phenoxy) is 2. The fraction of sp³-hybridized carbons (Fsp3) is 0.600. The molecular formula is C20H26N2O4. The van der Waals surface area contributed by atoms with Crippen molar-refractivity contribution in [2.24, 2.45) is 11.7 Å². The summed E-state index contributed by atoms with van der Waals surface area (Å²) >= 11 is 0. The van der Waals surface area contributed by atoms with Gasteiger partial charge in [0.1, 0.15) is 11.8 Å². The maximum Gasteiger partial charge on any atom is 0.242 e. The highest BCUT2D eigenvalue weighted by Crippen LogP contribution is 2.61. The molecule has 3 aliphatic rings. The fourth-order valence-corrected chi connectivity index (χ4v) is 4.41. The van der Waals surface area contributed by atoms with E-state index in [4.69, 9.17) is 15.2 Å². The van der Waals surface area contributed by atoms with E-state index in [1.807, 2.05) is 6.07 Å². The largest absolute Gasteiger partial charge is 0.493 e. The molecule has 2 amide bonds. The van der Waals surface area contributed by atoms with E-state index < -0.39 is 11.9 Å². The molecule has 26 heavy (non-hydrogen) atoms. The van der Waals surface area contributed by atoms with Gasteiger partial charge in [0, 0.05) is 23.4 Å². The van der Waals surface area contributed by atoms with Gasteiger partial charge < -0.3 is 20.1 Å². The van der Waals surface area contributed by atoms with Crippen LogP contribution in [0.15, 0.2) is 18.2 Å². The van der Waals surface area contributed by atoms with E-state index in [-0.39, 0.29) is 23.8 Å². The maximum absolute atomic E-state index is 13.2. The van der Waals surface area contributed by atoms with E-state index in [0.29, 0.717) is 25.7 Å². The van der Waals surface area contributed by atoms with Crippen molar-refractivity contribution >= 4 is 11.8 Å². The number of carbonyl (C=O) groups is 2. The highest BCUT2D eigenvalue weighted by molar-refractivity contribution is 5.90. The summed E-state index contributed by atoms with van der Waals surface area (Å²) in [5.41, 5.74) is 7.73. The first-order valence-electron chi connectivity index (χ1n) is 9.39. The molecule has 0 aromatic heterocycles. The zero-order valence-corrected chi connectivity index (χ0v) is 15.4. The zero-order chi connectivity index (χ0) is 18.5. The second-order valence-electron chi connectivity index (χ2n) is 7.95. The number of primary amides is 1. The topological polar surface area (TPSA) is 81.9 Å². The molecule has 0 bridgehead atoms. The average molecular weight is 358 g/mol. The minimum atomic E-state index is -0.657. The van der Waals surface area contributed by atoms with Gasteiger partial charge in [-0.2, -0.15) is 0 Å². The van der Waals surface area contributed by atoms with E-state index in [2.05, 4.69) is 26.0 Å². The fourth-order valence-electron chi connectivity index (χ4n) is 4.41. The second kappa shape index (κ2) is 6.27. The van der Waals surface area contributed by atoms with E-state index >= 15 is 0 Å². The number of fused-ring (bicyclic) bond motifs is 2. The van der Waals surface area contributed by atoms with Crippen molar-refractivity contribution in [3.63, 3.8) is 0 Å². The van der Waals surface area contributed by atoms with Gasteiger partial charge in [0.05, 0.1) is 19.8 Å². The number of nitrogens with two attached hydrogens (primary N) is 1. The van der Waals surface area contributed by atoms with Gasteiger partial charge in [-0.25, -0.2) is 0 Å². The molecule has 1 aromatic carbocycles. The van der Waals surface area contributed by atoms with E-state index in [9.17, 15) is 9.59 Å². The minimum absolute atomic E-state index is 0.0277. The Labute approximate surface area is 153 Å². The highest BCUT2D eigenvalue weighted by atomic mass is 16.5. The molecule has 1 saturated carbocycles. The van der Waals surface area contributed by atoms with Crippen LogP contribution in [-0.4, -0.2) is 49.1 Å². The normalized spacial score (nSPS) is 30.0. The summed E-state index contributed by atoms with van der Waals surface area (Å²) < 4.78 is 11.2. The molecule has 2 heterocycles. The van der Waals surface area contributed by atoms with Gasteiger partial charge in [-0.15, -0.1) is 0 Å². The SMILES string of the molecule is CC(C)c1ccc2c(c1)[C@]1(CCO2)C[C@H]1C(=O)N1CCOC[C@H]1C(N)=O. The minimum Gasteiger partial charge on any atom is -0.493 e. The predicted molar refractivity (Wildman–Crippen MR) is 95.9 cm³/mol. The van der Waals surface area contributed by atoms with Crippen LogP contribution >= 0.6 is 0 Å². The third-order valence-electron chi connectivity index (χ3n) is 6.13. The predicted octanol–water partition coefficient (Wildman–Crippen LogP) is 1.56. The quantitative estimate of drug-likeness (QED) is 0.889. The standard InChI is InChI=1S/C20H26N2O4/c1-12(2)13-3-4-17-14(9-13)20(5-7-26-17)10-15(20)19(24)22-6-8-25-11-16(22)18(21)23/h3-4,9,12,15-16H,5-8,10-11H2,1-2H3,(H2,21,23)/t15-,16-,20-/m0/s1. The monoisotopic (exact) mass is 358 g/mol. The average Bonchev–Trinajstić information content (AvgIpc) is 3.35. The zero-order valence-electron chi connectivity index (χ0n) is 15.4. The first kappa shape index (κ1) is 17.3. The van der Waals surface area contributed by atoms with Crippen LogP contribution in [-0.2, 0) is 19.7 Å². The number of hydrogen-bond donors (Lipinski definition) is 1. The van der Waals surface area contributed by atoms with Gasteiger partial charge in [-0.3, -0.25) is 9.59 Å². The highest BCUT2D eigenvalue weighted by Gasteiger charge is 2.62. The number of rotatable bonds is 3. The summed E-state index contributed by atoms with van der Waals surface area (Å²) in [5, 5.41) is 0. The summed E-state index contributed by atoms with van der Waals surface area (Å²) in [6, 6.07) is 5.69. The number of benzene rings is 1. The first-order chi connectivity index (χ1) is 12.4. The van der Waals surface area contributed by atoms with E-state index in [1.54, 1.807) is 4.90 Å². The second-order valence-corrected chi connectivity index (χ2v) is 7.95. The Hall–Kier alpha value is -2.08. The van der Waals surface area contributed by atoms with Crippen LogP contribution in [0.4, 0.5) is 0 Å². The molecule has 140 valence electrons. The molecule has 0 radical (unpaired) electrons. The summed E-state index contributed by atoms with van der Waals surface area (Å²) in [7, 11) is 0. The summed E-state index contributed by atoms with van der Waals surface area (Å²) in [5.74, 6) is 0.740. The molecule has 1 aromatic rings. The maximum atomic E-state index is 13.2. The molecule has 1 aliphatic carbocycles. The van der Waals surface area contributed by atoms with Crippen LogP contribution in [0.25, 0.3) is 0 Å². The molecular weight excluding hydrogens is 332 g/mol. The van der Waals surface area contributed by atoms with Crippen LogP contribution in [0.1, 0.15) is 43.7 Å². The summed E-state index contributed by atoms with van der Waals surface area (Å²) in [4.78, 5) is 26.6. The molecule has 1 spiro atoms. The Morgan fingerprint density at radius 1 is 1.31 bits per heavy atom. The smallest absolute Gasteiger partial charge is 0.242 e. The summed E-state index contributed by atoms with van der Waals surface area (Å²) in [6.07, 6.45) is 1.65. The van der Waals surface area contributed by atoms with Gasteiger partial charge in [0.2, 0.25) is 11.8 Å². The lowest BCUT2D eigenvalue weighted by Gasteiger charge is -2.35. The van der Waals surface area contributed by atoms with E-state index in [0.717, 1.165) is 24.2 Å². The molecule has 3 atom stereocenters. The molecule has 6 heteroatoms. The molecule has 2 N–H and O–H groups in total. The third kappa shape index (κ3) is 2.67. The number of carbonyl (C=O) groups excluding carboxylic acids is 2. The van der Waals surface area contributed by atoms with Crippen molar-refractivity contribution in [1.29, 1.82) is 0 Å². The van der Waals surface area contributed by atoms with Crippen molar-refractivity contribution in [3.05, 3.63) is 29.3 Å². The van der Waals surface area contributed by atoms with Gasteiger partial charge in [-0.1, -0.05) is 26.0 Å². The molecule has 2 fully saturated rings. The molecule has 2 aliphatic heterocycles. The lowest BCUT2D eigenvalue weighted by molar-refractivity contribution is -0.148. The lowest BCUT2D eigenvalue weighted by Crippen LogP contribution is -2.55. The van der Waals surface area contributed by atoms with Crippen molar-refractivity contribution < 1.29 is 19.1 Å². The lowest BCUT2D eigenvalue weighted by atomic mass is 9.84. The number of amides is 2. The molecule has 4 rings (SSSR count). The van der Waals surface area contributed by atoms with Gasteiger partial charge in [0.15, 0.2) is 0 Å². The Kier molecular flexibility index (Phi) is 4.18. The van der Waals surface area contributed by atoms with Crippen LogP contribution in [0.3, 0.4) is 0 Å². The van der Waals surface area contributed by atoms with Gasteiger partial charge >= 0.3 is 0 Å². The van der Waals surface area contributed by atoms with Crippen LogP contribution in [0.2, 0.25) is 0 Å². The van der Waals surface area contributed by atoms with Crippen molar-refractivity contribution in [1.82, 2.24) is 4.90 Å². The Morgan fingerprint density at radius 2 is 2.12 bits per heavy atom. The Bertz CT molecular complexity index is 747. The first-order valence-corrected chi connectivity index (χ1v) is 9.39. The van der Waals surface area contributed by atoms with Gasteiger partial charge in [0.25, 0.3) is 0 Å². The van der Waals surface area contributed by atoms with Crippen LogP contribution in [0, 0.1) is 5.92 Å².